The van der Waals surface area contributed by atoms with Gasteiger partial charge in [0.05, 0.1) is 12.1 Å². The van der Waals surface area contributed by atoms with Gasteiger partial charge in [-0.1, -0.05) is 19.3 Å². The quantitative estimate of drug-likeness (QED) is 0.540. The van der Waals surface area contributed by atoms with Gasteiger partial charge in [-0.15, -0.1) is 0 Å². The Kier molecular flexibility index (Phi) is 7.74. The molecule has 2 saturated heterocycles. The molecule has 1 aliphatic carbocycles. The van der Waals surface area contributed by atoms with Crippen molar-refractivity contribution >= 4 is 11.6 Å². The van der Waals surface area contributed by atoms with Gasteiger partial charge in [0.1, 0.15) is 11.5 Å². The molecular formula is C27H40F2N2O2. The fraction of sp³-hybridized carbons (Fsp3) is 0.741. The highest BCUT2D eigenvalue weighted by atomic mass is 19.1. The molecule has 0 bridgehead atoms. The van der Waals surface area contributed by atoms with Gasteiger partial charge in [-0.25, -0.2) is 8.78 Å². The van der Waals surface area contributed by atoms with Crippen molar-refractivity contribution in [3.8, 4) is 0 Å². The first-order valence-electron chi connectivity index (χ1n) is 12.9. The van der Waals surface area contributed by atoms with Gasteiger partial charge in [0, 0.05) is 37.8 Å². The first kappa shape index (κ1) is 24.6. The van der Waals surface area contributed by atoms with E-state index >= 15 is 4.39 Å². The third kappa shape index (κ3) is 6.54. The molecule has 0 aromatic heterocycles. The molecule has 6 heteroatoms. The molecule has 0 radical (unpaired) electrons. The maximum Gasteiger partial charge on any atom is 0.230 e. The number of halogens is 2. The molecule has 1 atom stereocenters. The van der Waals surface area contributed by atoms with Gasteiger partial charge >= 0.3 is 0 Å². The number of ether oxygens (including phenoxy) is 1. The van der Waals surface area contributed by atoms with E-state index in [0.717, 1.165) is 58.1 Å². The van der Waals surface area contributed by atoms with Crippen LogP contribution in [0, 0.1) is 17.7 Å². The van der Waals surface area contributed by atoms with Crippen molar-refractivity contribution in [2.24, 2.45) is 11.8 Å². The molecule has 4 rings (SSSR count). The highest BCUT2D eigenvalue weighted by Crippen LogP contribution is 2.35. The zero-order valence-electron chi connectivity index (χ0n) is 20.3. The maximum absolute atomic E-state index is 16.1. The second-order valence-electron chi connectivity index (χ2n) is 11.2. The van der Waals surface area contributed by atoms with Crippen molar-refractivity contribution < 1.29 is 18.3 Å². The molecule has 33 heavy (non-hydrogen) atoms. The predicted molar refractivity (Wildman–Crippen MR) is 128 cm³/mol. The molecule has 2 aliphatic heterocycles. The molecule has 1 saturated carbocycles. The van der Waals surface area contributed by atoms with Crippen LogP contribution in [-0.2, 0) is 9.53 Å². The highest BCUT2D eigenvalue weighted by Gasteiger charge is 2.40. The lowest BCUT2D eigenvalue weighted by molar-refractivity contribution is -0.124. The summed E-state index contributed by atoms with van der Waals surface area (Å²) in [6.45, 7) is 7.57. The minimum absolute atomic E-state index is 0.00481. The minimum atomic E-state index is -1.41. The van der Waals surface area contributed by atoms with Gasteiger partial charge in [-0.2, -0.15) is 0 Å². The highest BCUT2D eigenvalue weighted by molar-refractivity contribution is 5.95. The Morgan fingerprint density at radius 2 is 1.76 bits per heavy atom. The lowest BCUT2D eigenvalue weighted by Gasteiger charge is -2.42. The first-order valence-corrected chi connectivity index (χ1v) is 12.9. The van der Waals surface area contributed by atoms with Crippen LogP contribution in [0.5, 0.6) is 0 Å². The van der Waals surface area contributed by atoms with Crippen molar-refractivity contribution in [3.05, 3.63) is 30.1 Å². The van der Waals surface area contributed by atoms with E-state index < -0.39 is 5.67 Å². The molecule has 0 spiro atoms. The predicted octanol–water partition coefficient (Wildman–Crippen LogP) is 5.75. The Labute approximate surface area is 197 Å². The Morgan fingerprint density at radius 3 is 2.39 bits per heavy atom. The number of carbonyl (C=O) groups is 1. The molecule has 1 unspecified atom stereocenters. The fourth-order valence-corrected chi connectivity index (χ4v) is 5.94. The molecule has 1 aromatic carbocycles. The summed E-state index contributed by atoms with van der Waals surface area (Å²) in [6, 6.07) is 5.95. The van der Waals surface area contributed by atoms with Crippen LogP contribution in [0.25, 0.3) is 0 Å². The van der Waals surface area contributed by atoms with Crippen molar-refractivity contribution in [2.75, 3.05) is 37.7 Å². The number of piperidine rings is 1. The number of amides is 1. The molecule has 4 nitrogen and oxygen atoms in total. The van der Waals surface area contributed by atoms with E-state index in [1.54, 1.807) is 17.0 Å². The average Bonchev–Trinajstić information content (AvgIpc) is 2.79. The summed E-state index contributed by atoms with van der Waals surface area (Å²) < 4.78 is 35.5. The summed E-state index contributed by atoms with van der Waals surface area (Å²) in [7, 11) is 0. The molecule has 2 heterocycles. The molecule has 1 aromatic rings. The van der Waals surface area contributed by atoms with Crippen LogP contribution in [0.4, 0.5) is 14.5 Å². The summed E-state index contributed by atoms with van der Waals surface area (Å²) in [5.74, 6) is 0.197. The zero-order valence-corrected chi connectivity index (χ0v) is 20.3. The summed E-state index contributed by atoms with van der Waals surface area (Å²) in [5, 5.41) is 0. The van der Waals surface area contributed by atoms with E-state index in [1.165, 1.54) is 12.1 Å². The van der Waals surface area contributed by atoms with Crippen LogP contribution in [0.1, 0.15) is 71.6 Å². The van der Waals surface area contributed by atoms with Crippen LogP contribution < -0.4 is 4.90 Å². The lowest BCUT2D eigenvalue weighted by atomic mass is 9.86. The molecule has 0 N–H and O–H groups in total. The van der Waals surface area contributed by atoms with Gasteiger partial charge in [0.2, 0.25) is 5.91 Å². The fourth-order valence-electron chi connectivity index (χ4n) is 5.94. The van der Waals surface area contributed by atoms with Gasteiger partial charge in [-0.3, -0.25) is 4.79 Å². The average molecular weight is 463 g/mol. The Morgan fingerprint density at radius 1 is 1.09 bits per heavy atom. The Bertz CT molecular complexity index is 784. The van der Waals surface area contributed by atoms with Crippen LogP contribution >= 0.6 is 0 Å². The van der Waals surface area contributed by atoms with Crippen LogP contribution in [0.2, 0.25) is 0 Å². The Balaban J connectivity index is 1.39. The van der Waals surface area contributed by atoms with Gasteiger partial charge in [0.25, 0.3) is 0 Å². The number of benzene rings is 1. The second-order valence-corrected chi connectivity index (χ2v) is 11.2. The number of rotatable bonds is 6. The smallest absolute Gasteiger partial charge is 0.230 e. The Hall–Kier alpha value is -1.53. The molecule has 3 aliphatic rings. The van der Waals surface area contributed by atoms with Crippen LogP contribution in [-0.4, -0.2) is 54.9 Å². The maximum atomic E-state index is 16.1. The van der Waals surface area contributed by atoms with E-state index in [9.17, 15) is 9.18 Å². The number of hydrogen-bond donors (Lipinski definition) is 0. The normalized spacial score (nSPS) is 26.1. The molecule has 1 amide bonds. The third-order valence-electron chi connectivity index (χ3n) is 7.87. The monoisotopic (exact) mass is 462 g/mol. The number of hydrogen-bond acceptors (Lipinski definition) is 3. The van der Waals surface area contributed by atoms with E-state index in [0.29, 0.717) is 37.5 Å². The van der Waals surface area contributed by atoms with E-state index in [1.807, 2.05) is 0 Å². The number of carbonyl (C=O) groups excluding carboxylic acids is 1. The number of alkyl halides is 1. The third-order valence-corrected chi connectivity index (χ3v) is 7.87. The van der Waals surface area contributed by atoms with E-state index in [-0.39, 0.29) is 29.8 Å². The van der Waals surface area contributed by atoms with Gasteiger partial charge in [0.15, 0.2) is 0 Å². The molecule has 184 valence electrons. The van der Waals surface area contributed by atoms with E-state index in [2.05, 4.69) is 18.7 Å². The SMILES string of the molecule is CC1(C)CC(CN2CCC(F)(CN(C(=O)C3CCCCC3)c3ccc(F)cc3)CC2)CCO1. The summed E-state index contributed by atoms with van der Waals surface area (Å²) in [4.78, 5) is 17.4. The van der Waals surface area contributed by atoms with Crippen molar-refractivity contribution in [1.29, 1.82) is 0 Å². The molecule has 3 fully saturated rings. The lowest BCUT2D eigenvalue weighted by Crippen LogP contribution is -2.52. The summed E-state index contributed by atoms with van der Waals surface area (Å²) in [6.07, 6.45) is 7.94. The topological polar surface area (TPSA) is 32.8 Å². The first-order chi connectivity index (χ1) is 15.7. The van der Waals surface area contributed by atoms with Crippen LogP contribution in [0.15, 0.2) is 24.3 Å². The standard InChI is InChI=1S/C27H40F2N2O2/c1-26(2)18-21(12-17-33-26)19-30-15-13-27(29,14-16-30)20-31(24-10-8-23(28)9-11-24)25(32)22-6-4-3-5-7-22/h8-11,21-22H,3-7,12-20H2,1-2H3. The minimum Gasteiger partial charge on any atom is -0.376 e. The summed E-state index contributed by atoms with van der Waals surface area (Å²) in [5.41, 5.74) is -0.877. The van der Waals surface area contributed by atoms with Gasteiger partial charge < -0.3 is 14.5 Å². The van der Waals surface area contributed by atoms with Crippen LogP contribution in [0.3, 0.4) is 0 Å². The van der Waals surface area contributed by atoms with Crippen molar-refractivity contribution in [2.45, 2.75) is 82.9 Å². The number of likely N-dealkylation sites (tertiary alicyclic amines) is 1. The second kappa shape index (κ2) is 10.4. The number of nitrogens with zero attached hydrogens (tertiary/aromatic N) is 2. The largest absolute Gasteiger partial charge is 0.376 e. The number of anilines is 1. The van der Waals surface area contributed by atoms with Gasteiger partial charge in [-0.05, 0) is 82.6 Å². The zero-order chi connectivity index (χ0) is 23.5. The van der Waals surface area contributed by atoms with E-state index in [4.69, 9.17) is 4.74 Å². The van der Waals surface area contributed by atoms with Crippen molar-refractivity contribution in [1.82, 2.24) is 4.90 Å². The molecular weight excluding hydrogens is 422 g/mol. The summed E-state index contributed by atoms with van der Waals surface area (Å²) >= 11 is 0. The van der Waals surface area contributed by atoms with Crippen molar-refractivity contribution in [3.63, 3.8) is 0 Å².